The van der Waals surface area contributed by atoms with Gasteiger partial charge in [0.15, 0.2) is 0 Å². The highest BCUT2D eigenvalue weighted by Crippen LogP contribution is 2.41. The van der Waals surface area contributed by atoms with Gasteiger partial charge >= 0.3 is 0 Å². The molecule has 0 fully saturated rings. The number of imidazole rings is 1. The van der Waals surface area contributed by atoms with Crippen LogP contribution in [-0.4, -0.2) is 21.8 Å². The van der Waals surface area contributed by atoms with E-state index in [1.807, 2.05) is 42.9 Å². The maximum Gasteiger partial charge on any atom is 0.121 e. The van der Waals surface area contributed by atoms with Crippen LogP contribution in [0.1, 0.15) is 41.0 Å². The molecule has 1 N–H and O–H groups in total. The quantitative estimate of drug-likeness (QED) is 0.191. The molecule has 1 heterocycles. The minimum atomic E-state index is -0.720. The second kappa shape index (κ2) is 11.4. The Labute approximate surface area is 241 Å². The summed E-state index contributed by atoms with van der Waals surface area (Å²) in [5.74, 6) is 0.816. The van der Waals surface area contributed by atoms with E-state index in [2.05, 4.69) is 109 Å². The zero-order valence-electron chi connectivity index (χ0n) is 23.4. The molecule has 0 bridgehead atoms. The molecule has 6 rings (SSSR count). The first-order valence-electron chi connectivity index (χ1n) is 14.1. The lowest BCUT2D eigenvalue weighted by atomic mass is 9.76. The Balaban J connectivity index is 1.37. The van der Waals surface area contributed by atoms with Gasteiger partial charge in [0.2, 0.25) is 0 Å². The lowest BCUT2D eigenvalue weighted by molar-refractivity contribution is 0.113. The molecule has 5 aromatic carbocycles. The predicted molar refractivity (Wildman–Crippen MR) is 165 cm³/mol. The maximum absolute atomic E-state index is 11.5. The number of hydrogen-bond donors (Lipinski definition) is 1. The molecule has 0 aliphatic rings. The van der Waals surface area contributed by atoms with Gasteiger partial charge < -0.3 is 14.4 Å². The standard InChI is InChI=1S/C37H34N2O2/c1-27(22-28-18-19-30-24-34(41-2)21-20-29(30)23-28)36(40)35-25-39(26-38-35)37(31-12-6-3-7-13-31,32-14-8-4-9-15-32)33-16-10-5-11-17-33/h3-21,23-27,36,40H,22H2,1-2H3. The minimum absolute atomic E-state index is 0.0337. The van der Waals surface area contributed by atoms with Crippen molar-refractivity contribution in [2.75, 3.05) is 7.11 Å². The molecule has 204 valence electrons. The molecule has 6 aromatic rings. The van der Waals surface area contributed by atoms with E-state index in [0.29, 0.717) is 5.69 Å². The number of fused-ring (bicyclic) bond motifs is 1. The third-order valence-corrected chi connectivity index (χ3v) is 8.08. The monoisotopic (exact) mass is 538 g/mol. The average molecular weight is 539 g/mol. The fourth-order valence-electron chi connectivity index (χ4n) is 5.96. The molecule has 0 radical (unpaired) electrons. The number of nitrogens with zero attached hydrogens (tertiary/aromatic N) is 2. The van der Waals surface area contributed by atoms with Crippen LogP contribution in [0.5, 0.6) is 5.75 Å². The molecule has 4 nitrogen and oxygen atoms in total. The van der Waals surface area contributed by atoms with Crippen molar-refractivity contribution in [1.29, 1.82) is 0 Å². The van der Waals surface area contributed by atoms with Crippen molar-refractivity contribution in [3.05, 3.63) is 168 Å². The number of methoxy groups -OCH3 is 1. The van der Waals surface area contributed by atoms with Crippen molar-refractivity contribution in [1.82, 2.24) is 9.55 Å². The van der Waals surface area contributed by atoms with Crippen LogP contribution >= 0.6 is 0 Å². The summed E-state index contributed by atoms with van der Waals surface area (Å²) in [6.07, 6.45) is 3.89. The van der Waals surface area contributed by atoms with Gasteiger partial charge in [0.05, 0.1) is 19.1 Å². The third kappa shape index (κ3) is 5.03. The van der Waals surface area contributed by atoms with Crippen molar-refractivity contribution in [3.63, 3.8) is 0 Å². The summed E-state index contributed by atoms with van der Waals surface area (Å²) in [5.41, 5.74) is 4.55. The SMILES string of the molecule is COc1ccc2cc(CC(C)C(O)c3cn(C(c4ccccc4)(c4ccccc4)c4ccccc4)cn3)ccc2c1. The first kappa shape index (κ1) is 26.5. The van der Waals surface area contributed by atoms with E-state index in [-0.39, 0.29) is 5.92 Å². The smallest absolute Gasteiger partial charge is 0.121 e. The molecule has 0 spiro atoms. The highest BCUT2D eigenvalue weighted by Gasteiger charge is 2.38. The largest absolute Gasteiger partial charge is 0.497 e. The van der Waals surface area contributed by atoms with Gasteiger partial charge in [-0.05, 0) is 57.5 Å². The van der Waals surface area contributed by atoms with Gasteiger partial charge in [-0.3, -0.25) is 0 Å². The topological polar surface area (TPSA) is 47.3 Å². The second-order valence-corrected chi connectivity index (χ2v) is 10.7. The Morgan fingerprint density at radius 3 is 1.83 bits per heavy atom. The van der Waals surface area contributed by atoms with Crippen molar-refractivity contribution in [2.24, 2.45) is 5.92 Å². The summed E-state index contributed by atoms with van der Waals surface area (Å²) < 4.78 is 7.52. The van der Waals surface area contributed by atoms with Crippen LogP contribution in [0.3, 0.4) is 0 Å². The normalized spacial score (nSPS) is 13.1. The van der Waals surface area contributed by atoms with E-state index < -0.39 is 11.6 Å². The van der Waals surface area contributed by atoms with Crippen LogP contribution in [-0.2, 0) is 12.0 Å². The van der Waals surface area contributed by atoms with Crippen molar-refractivity contribution < 1.29 is 9.84 Å². The highest BCUT2D eigenvalue weighted by molar-refractivity contribution is 5.84. The minimum Gasteiger partial charge on any atom is -0.497 e. The molecule has 0 saturated carbocycles. The summed E-state index contributed by atoms with van der Waals surface area (Å²) in [4.78, 5) is 4.79. The molecule has 0 amide bonds. The summed E-state index contributed by atoms with van der Waals surface area (Å²) in [6, 6.07) is 44.1. The third-order valence-electron chi connectivity index (χ3n) is 8.08. The van der Waals surface area contributed by atoms with E-state index in [4.69, 9.17) is 9.72 Å². The summed E-state index contributed by atoms with van der Waals surface area (Å²) >= 11 is 0. The van der Waals surface area contributed by atoms with Gasteiger partial charge in [-0.2, -0.15) is 0 Å². The number of aliphatic hydroxyl groups is 1. The Morgan fingerprint density at radius 2 is 1.27 bits per heavy atom. The van der Waals surface area contributed by atoms with Crippen LogP contribution in [0.2, 0.25) is 0 Å². The average Bonchev–Trinajstić information content (AvgIpc) is 3.53. The molecule has 2 unspecified atom stereocenters. The van der Waals surface area contributed by atoms with E-state index >= 15 is 0 Å². The Bertz CT molecular complexity index is 1630. The first-order chi connectivity index (χ1) is 20.1. The number of ether oxygens (including phenoxy) is 1. The van der Waals surface area contributed by atoms with Gasteiger partial charge in [0.1, 0.15) is 17.4 Å². The van der Waals surface area contributed by atoms with E-state index in [9.17, 15) is 5.11 Å². The molecule has 0 saturated heterocycles. The summed E-state index contributed by atoms with van der Waals surface area (Å²) in [6.45, 7) is 2.08. The van der Waals surface area contributed by atoms with Crippen LogP contribution in [0, 0.1) is 5.92 Å². The van der Waals surface area contributed by atoms with Gasteiger partial charge in [-0.1, -0.05) is 122 Å². The van der Waals surface area contributed by atoms with Crippen molar-refractivity contribution in [2.45, 2.75) is 25.0 Å². The Morgan fingerprint density at radius 1 is 0.732 bits per heavy atom. The van der Waals surface area contributed by atoms with Crippen molar-refractivity contribution >= 4 is 10.8 Å². The van der Waals surface area contributed by atoms with Gasteiger partial charge in [0, 0.05) is 6.20 Å². The molecule has 0 aliphatic carbocycles. The van der Waals surface area contributed by atoms with Crippen LogP contribution in [0.25, 0.3) is 10.8 Å². The Hall–Kier alpha value is -4.67. The van der Waals surface area contributed by atoms with Crippen LogP contribution in [0.15, 0.2) is 140 Å². The lowest BCUT2D eigenvalue weighted by Gasteiger charge is -2.37. The molecule has 2 atom stereocenters. The fourth-order valence-corrected chi connectivity index (χ4v) is 5.96. The number of hydrogen-bond acceptors (Lipinski definition) is 3. The van der Waals surface area contributed by atoms with Gasteiger partial charge in [0.25, 0.3) is 0 Å². The molecule has 1 aromatic heterocycles. The number of rotatable bonds is 9. The zero-order chi connectivity index (χ0) is 28.2. The maximum atomic E-state index is 11.5. The number of aliphatic hydroxyl groups excluding tert-OH is 1. The molecule has 0 aliphatic heterocycles. The van der Waals surface area contributed by atoms with Crippen LogP contribution < -0.4 is 4.74 Å². The van der Waals surface area contributed by atoms with E-state index in [0.717, 1.165) is 39.6 Å². The van der Waals surface area contributed by atoms with E-state index in [1.54, 1.807) is 7.11 Å². The second-order valence-electron chi connectivity index (χ2n) is 10.7. The van der Waals surface area contributed by atoms with Gasteiger partial charge in [-0.25, -0.2) is 4.98 Å². The van der Waals surface area contributed by atoms with Crippen molar-refractivity contribution in [3.8, 4) is 5.75 Å². The molecule has 41 heavy (non-hydrogen) atoms. The number of benzene rings is 5. The first-order valence-corrected chi connectivity index (χ1v) is 14.1. The zero-order valence-corrected chi connectivity index (χ0v) is 23.4. The van der Waals surface area contributed by atoms with E-state index in [1.165, 1.54) is 5.56 Å². The van der Waals surface area contributed by atoms with Gasteiger partial charge in [-0.15, -0.1) is 0 Å². The Kier molecular flexibility index (Phi) is 7.41. The molecular formula is C37H34N2O2. The highest BCUT2D eigenvalue weighted by atomic mass is 16.5. The summed E-state index contributed by atoms with van der Waals surface area (Å²) in [5, 5.41) is 13.8. The fraction of sp³-hybridized carbons (Fsp3) is 0.162. The summed E-state index contributed by atoms with van der Waals surface area (Å²) in [7, 11) is 1.68. The number of aromatic nitrogens is 2. The lowest BCUT2D eigenvalue weighted by Crippen LogP contribution is -2.37. The van der Waals surface area contributed by atoms with Crippen LogP contribution in [0.4, 0.5) is 0 Å². The molecule has 4 heteroatoms. The molecular weight excluding hydrogens is 504 g/mol. The predicted octanol–water partition coefficient (Wildman–Crippen LogP) is 7.80.